The first-order valence-electron chi connectivity index (χ1n) is 30.4. The van der Waals surface area contributed by atoms with E-state index in [9.17, 15) is 14.4 Å². The normalized spacial score (nSPS) is 29.3. The van der Waals surface area contributed by atoms with E-state index in [0.717, 1.165) is 114 Å². The Morgan fingerprint density at radius 1 is 0.732 bits per heavy atom. The number of unbranched alkanes of at least 4 members (excludes halogenated alkanes) is 11. The third-order valence-electron chi connectivity index (χ3n) is 20.0. The summed E-state index contributed by atoms with van der Waals surface area (Å²) in [5, 5.41) is 0.0947. The minimum atomic E-state index is -0.163. The zero-order valence-corrected chi connectivity index (χ0v) is 48.6. The second-order valence-corrected chi connectivity index (χ2v) is 26.5. The van der Waals surface area contributed by atoms with Gasteiger partial charge in [-0.2, -0.15) is 0 Å². The first kappa shape index (κ1) is 60.1. The SMILES string of the molecule is CCCCCCCCC(CCCCCC)OC(=O)CCCCCCN(CCC(=O)OC1CCC2(C)C(=CCC3(C)C2CCC2(C)C(C(C)/C=C/C(C)C(C)C)CCC23)C1)C(=O)SCCC1CCN(C)CC1. The van der Waals surface area contributed by atoms with E-state index in [2.05, 4.69) is 92.5 Å². The molecule has 0 spiro atoms. The van der Waals surface area contributed by atoms with Gasteiger partial charge in [-0.15, -0.1) is 0 Å². The molecule has 8 heteroatoms. The van der Waals surface area contributed by atoms with Crippen LogP contribution in [0.4, 0.5) is 4.79 Å². The molecular formula is C63H110N2O5S. The molecule has 0 bridgehead atoms. The van der Waals surface area contributed by atoms with Crippen LogP contribution >= 0.6 is 11.8 Å². The van der Waals surface area contributed by atoms with Crippen LogP contribution in [0, 0.1) is 57.7 Å². The molecule has 71 heavy (non-hydrogen) atoms. The van der Waals surface area contributed by atoms with Crippen molar-refractivity contribution >= 4 is 28.9 Å². The fourth-order valence-electron chi connectivity index (χ4n) is 14.9. The van der Waals surface area contributed by atoms with Gasteiger partial charge >= 0.3 is 11.9 Å². The number of carbonyl (C=O) groups excluding carboxylic acids is 3. The van der Waals surface area contributed by atoms with Gasteiger partial charge in [0.2, 0.25) is 0 Å². The Hall–Kier alpha value is -1.80. The van der Waals surface area contributed by atoms with Gasteiger partial charge in [0.15, 0.2) is 0 Å². The molecule has 408 valence electrons. The van der Waals surface area contributed by atoms with Crippen molar-refractivity contribution in [2.45, 2.75) is 261 Å². The number of carbonyl (C=O) groups is 3. The van der Waals surface area contributed by atoms with Crippen molar-refractivity contribution in [1.29, 1.82) is 0 Å². The number of thioether (sulfide) groups is 1. The van der Waals surface area contributed by atoms with Crippen LogP contribution < -0.4 is 0 Å². The molecule has 1 aliphatic heterocycles. The van der Waals surface area contributed by atoms with Crippen LogP contribution in [0.2, 0.25) is 0 Å². The minimum Gasteiger partial charge on any atom is -0.462 e. The zero-order chi connectivity index (χ0) is 51.4. The standard InChI is InChI=1S/C63H110N2O5S/c1-11-13-15-17-18-22-26-53(25-21-16-14-12-2)69-58(66)27-23-19-20-24-42-65(60(68)71-46-38-51-35-43-64(10)44-36-51)45-37-59(67)70-54-33-40-61(7)52(47-54)32-39-63(9)56-31-30-55(62(56,8)41-34-57(61)63)50(6)29-28-49(5)48(3)4/h28-29,32,48-51,53-57H,11-27,30-31,33-47H2,1-10H3/b29-28+. The lowest BCUT2D eigenvalue weighted by Crippen LogP contribution is -2.56. The van der Waals surface area contributed by atoms with Crippen molar-refractivity contribution in [2.75, 3.05) is 39.0 Å². The Morgan fingerprint density at radius 3 is 2.10 bits per heavy atom. The highest BCUT2D eigenvalue weighted by Crippen LogP contribution is 2.72. The number of fused-ring (bicyclic) bond motifs is 5. The zero-order valence-electron chi connectivity index (χ0n) is 47.8. The Kier molecular flexibility index (Phi) is 25.4. The molecule has 5 rings (SSSR count). The number of likely N-dealkylation sites (tertiary alicyclic amines) is 1. The van der Waals surface area contributed by atoms with Gasteiger partial charge in [0, 0.05) is 31.7 Å². The Morgan fingerprint density at radius 2 is 1.39 bits per heavy atom. The third-order valence-corrected chi connectivity index (χ3v) is 20.9. The first-order chi connectivity index (χ1) is 34.0. The summed E-state index contributed by atoms with van der Waals surface area (Å²) in [4.78, 5) is 44.8. The highest BCUT2D eigenvalue weighted by atomic mass is 32.2. The van der Waals surface area contributed by atoms with Gasteiger partial charge in [-0.1, -0.05) is 162 Å². The topological polar surface area (TPSA) is 76.1 Å². The van der Waals surface area contributed by atoms with E-state index >= 15 is 0 Å². The van der Waals surface area contributed by atoms with Crippen LogP contribution in [0.15, 0.2) is 23.8 Å². The summed E-state index contributed by atoms with van der Waals surface area (Å²) in [6.07, 6.45) is 39.2. The van der Waals surface area contributed by atoms with E-state index in [4.69, 9.17) is 9.47 Å². The molecule has 1 saturated heterocycles. The van der Waals surface area contributed by atoms with Gasteiger partial charge in [0.1, 0.15) is 12.2 Å². The number of piperidine rings is 1. The average molecular weight is 1010 g/mol. The lowest BCUT2D eigenvalue weighted by atomic mass is 9.41. The average Bonchev–Trinajstić information content (AvgIpc) is 3.71. The Labute approximate surface area is 441 Å². The Bertz CT molecular complexity index is 1660. The number of hydrogen-bond acceptors (Lipinski definition) is 7. The summed E-state index contributed by atoms with van der Waals surface area (Å²) in [6.45, 7) is 25.3. The predicted octanol–water partition coefficient (Wildman–Crippen LogP) is 17.2. The summed E-state index contributed by atoms with van der Waals surface area (Å²) in [7, 11) is 2.20. The van der Waals surface area contributed by atoms with E-state index in [1.165, 1.54) is 102 Å². The van der Waals surface area contributed by atoms with E-state index in [0.29, 0.717) is 59.9 Å². The van der Waals surface area contributed by atoms with Crippen LogP contribution in [0.3, 0.4) is 0 Å². The van der Waals surface area contributed by atoms with Gasteiger partial charge in [0.05, 0.1) is 6.42 Å². The maximum atomic E-state index is 13.8. The molecule has 7 nitrogen and oxygen atoms in total. The monoisotopic (exact) mass is 1010 g/mol. The number of allylic oxidation sites excluding steroid dienone is 3. The van der Waals surface area contributed by atoms with Crippen molar-refractivity contribution in [3.8, 4) is 0 Å². The summed E-state index contributed by atoms with van der Waals surface area (Å²) >= 11 is 1.44. The minimum absolute atomic E-state index is 0.0435. The van der Waals surface area contributed by atoms with Crippen molar-refractivity contribution in [1.82, 2.24) is 9.80 Å². The lowest BCUT2D eigenvalue weighted by Gasteiger charge is -2.63. The van der Waals surface area contributed by atoms with Crippen molar-refractivity contribution in [2.24, 2.45) is 57.7 Å². The van der Waals surface area contributed by atoms with Crippen LogP contribution in [0.1, 0.15) is 249 Å². The molecule has 10 atom stereocenters. The molecule has 0 aromatic heterocycles. The first-order valence-corrected chi connectivity index (χ1v) is 31.4. The second kappa shape index (κ2) is 30.1. The van der Waals surface area contributed by atoms with Gasteiger partial charge in [-0.05, 0) is 181 Å². The van der Waals surface area contributed by atoms with E-state index in [1.54, 1.807) is 5.57 Å². The molecular weight excluding hydrogens is 897 g/mol. The van der Waals surface area contributed by atoms with Crippen LogP contribution in [-0.4, -0.2) is 78.2 Å². The third kappa shape index (κ3) is 17.6. The molecule has 3 saturated carbocycles. The maximum absolute atomic E-state index is 13.8. The molecule has 10 unspecified atom stereocenters. The fraction of sp³-hybridized carbons (Fsp3) is 0.889. The number of ether oxygens (including phenoxy) is 2. The van der Waals surface area contributed by atoms with Crippen LogP contribution in [-0.2, 0) is 19.1 Å². The van der Waals surface area contributed by atoms with Crippen LogP contribution in [0.5, 0.6) is 0 Å². The maximum Gasteiger partial charge on any atom is 0.307 e. The summed E-state index contributed by atoms with van der Waals surface area (Å²) in [6, 6.07) is 0. The lowest BCUT2D eigenvalue weighted by molar-refractivity contribution is -0.153. The molecule has 4 aliphatic carbocycles. The number of rotatable bonds is 31. The number of esters is 2. The van der Waals surface area contributed by atoms with Gasteiger partial charge in [-0.3, -0.25) is 14.4 Å². The Balaban J connectivity index is 1.09. The number of amides is 1. The molecule has 4 fully saturated rings. The molecule has 0 radical (unpaired) electrons. The molecule has 0 N–H and O–H groups in total. The van der Waals surface area contributed by atoms with Crippen molar-refractivity contribution < 1.29 is 23.9 Å². The summed E-state index contributed by atoms with van der Waals surface area (Å²) in [5.74, 6) is 5.43. The fourth-order valence-corrected chi connectivity index (χ4v) is 15.9. The van der Waals surface area contributed by atoms with Gasteiger partial charge < -0.3 is 19.3 Å². The largest absolute Gasteiger partial charge is 0.462 e. The van der Waals surface area contributed by atoms with Crippen molar-refractivity contribution in [3.05, 3.63) is 23.8 Å². The van der Waals surface area contributed by atoms with Crippen LogP contribution in [0.25, 0.3) is 0 Å². The molecule has 0 aromatic carbocycles. The van der Waals surface area contributed by atoms with Crippen molar-refractivity contribution in [3.63, 3.8) is 0 Å². The quantitative estimate of drug-likeness (QED) is 0.0389. The predicted molar refractivity (Wildman–Crippen MR) is 301 cm³/mol. The number of hydrogen-bond donors (Lipinski definition) is 0. The van der Waals surface area contributed by atoms with Gasteiger partial charge in [-0.25, -0.2) is 0 Å². The smallest absolute Gasteiger partial charge is 0.307 e. The highest BCUT2D eigenvalue weighted by Gasteiger charge is 2.64. The van der Waals surface area contributed by atoms with E-state index in [-0.39, 0.29) is 41.2 Å². The molecule has 1 amide bonds. The summed E-state index contributed by atoms with van der Waals surface area (Å²) < 4.78 is 12.4. The van der Waals surface area contributed by atoms with E-state index < -0.39 is 0 Å². The van der Waals surface area contributed by atoms with E-state index in [1.807, 2.05) is 4.90 Å². The molecule has 5 aliphatic rings. The molecule has 0 aromatic rings. The summed E-state index contributed by atoms with van der Waals surface area (Å²) in [5.41, 5.74) is 2.42. The highest BCUT2D eigenvalue weighted by molar-refractivity contribution is 8.13. The second-order valence-electron chi connectivity index (χ2n) is 25.5. The van der Waals surface area contributed by atoms with Gasteiger partial charge in [0.25, 0.3) is 5.24 Å². The molecule has 1 heterocycles. The number of nitrogens with zero attached hydrogens (tertiary/aromatic N) is 2.